The van der Waals surface area contributed by atoms with Gasteiger partial charge in [0.25, 0.3) is 0 Å². The van der Waals surface area contributed by atoms with Gasteiger partial charge in [-0.2, -0.15) is 0 Å². The Morgan fingerprint density at radius 3 is 2.41 bits per heavy atom. The number of H-pyrrole nitrogens is 2. The summed E-state index contributed by atoms with van der Waals surface area (Å²) in [4.78, 5) is 11.4. The summed E-state index contributed by atoms with van der Waals surface area (Å²) in [5.74, 6) is 0.832. The van der Waals surface area contributed by atoms with E-state index in [1.165, 1.54) is 63.5 Å². The molecule has 2 N–H and O–H groups in total. The zero-order valence-corrected chi connectivity index (χ0v) is 18.0. The molecule has 3 rings (SSSR count). The molecule has 2 aromatic heterocycles. The van der Waals surface area contributed by atoms with Crippen LogP contribution in [0.15, 0.2) is 47.2 Å². The fraction of sp³-hybridized carbons (Fsp3) is 0.480. The van der Waals surface area contributed by atoms with E-state index in [4.69, 9.17) is 9.73 Å². The molecule has 156 valence electrons. The second kappa shape index (κ2) is 11.5. The summed E-state index contributed by atoms with van der Waals surface area (Å²) in [5, 5.41) is 0. The van der Waals surface area contributed by atoms with E-state index in [1.54, 1.807) is 7.11 Å². The Labute approximate surface area is 175 Å². The van der Waals surface area contributed by atoms with Crippen LogP contribution in [0.2, 0.25) is 0 Å². The Balaban J connectivity index is 1.45. The maximum atomic E-state index is 5.53. The highest BCUT2D eigenvalue weighted by molar-refractivity contribution is 5.99. The monoisotopic (exact) mass is 393 g/mol. The molecule has 0 unspecified atom stereocenters. The normalized spacial score (nSPS) is 14.7. The third kappa shape index (κ3) is 6.52. The van der Waals surface area contributed by atoms with Crippen molar-refractivity contribution in [2.45, 2.75) is 71.1 Å². The third-order valence-corrected chi connectivity index (χ3v) is 5.47. The van der Waals surface area contributed by atoms with Gasteiger partial charge in [0.05, 0.1) is 29.9 Å². The van der Waals surface area contributed by atoms with Crippen molar-refractivity contribution < 1.29 is 4.74 Å². The van der Waals surface area contributed by atoms with Crippen LogP contribution in [0.4, 0.5) is 0 Å². The topological polar surface area (TPSA) is 53.2 Å². The number of aromatic nitrogens is 2. The summed E-state index contributed by atoms with van der Waals surface area (Å²) in [5.41, 5.74) is 5.18. The first-order valence-electron chi connectivity index (χ1n) is 11.2. The van der Waals surface area contributed by atoms with E-state index in [-0.39, 0.29) is 0 Å². The van der Waals surface area contributed by atoms with Crippen LogP contribution in [0, 0.1) is 0 Å². The van der Waals surface area contributed by atoms with Crippen LogP contribution in [-0.2, 0) is 0 Å². The minimum absolute atomic E-state index is 0.832. The van der Waals surface area contributed by atoms with Crippen LogP contribution in [-0.4, -0.2) is 22.8 Å². The Hall–Kier alpha value is -2.49. The molecular weight excluding hydrogens is 358 g/mol. The molecule has 4 heteroatoms. The van der Waals surface area contributed by atoms with E-state index in [9.17, 15) is 0 Å². The number of methoxy groups -OCH3 is 1. The van der Waals surface area contributed by atoms with Crippen LogP contribution in [0.1, 0.15) is 76.8 Å². The number of ether oxygens (including phenoxy) is 1. The van der Waals surface area contributed by atoms with Gasteiger partial charge in [-0.1, -0.05) is 58.3 Å². The molecule has 0 aromatic carbocycles. The van der Waals surface area contributed by atoms with Crippen molar-refractivity contribution in [2.75, 3.05) is 7.11 Å². The number of aliphatic imine (C=N–C) groups is 1. The minimum atomic E-state index is 0.832. The molecule has 0 bridgehead atoms. The first-order chi connectivity index (χ1) is 14.3. The fourth-order valence-electron chi connectivity index (χ4n) is 3.78. The lowest BCUT2D eigenvalue weighted by Crippen LogP contribution is -1.90. The van der Waals surface area contributed by atoms with E-state index in [1.807, 2.05) is 24.4 Å². The van der Waals surface area contributed by atoms with E-state index < -0.39 is 0 Å². The molecule has 0 spiro atoms. The maximum absolute atomic E-state index is 5.53. The molecule has 0 fully saturated rings. The van der Waals surface area contributed by atoms with Crippen LogP contribution < -0.4 is 4.74 Å². The molecule has 0 radical (unpaired) electrons. The van der Waals surface area contributed by atoms with Gasteiger partial charge in [-0.05, 0) is 43.2 Å². The van der Waals surface area contributed by atoms with Gasteiger partial charge < -0.3 is 14.7 Å². The van der Waals surface area contributed by atoms with Gasteiger partial charge in [-0.3, -0.25) is 4.99 Å². The van der Waals surface area contributed by atoms with Crippen LogP contribution >= 0.6 is 0 Å². The van der Waals surface area contributed by atoms with Gasteiger partial charge >= 0.3 is 0 Å². The number of nitrogens with zero attached hydrogens (tertiary/aromatic N) is 1. The standard InChI is InChI=1S/C25H35N3O/c1-3-4-5-6-7-8-9-10-11-13-20-15-16-21(27-20)18-24-25(29-2)19-23(28-24)22-14-12-17-26-22/h12,14-19,26,28H,3-11,13H2,1-2H3/b21-18-. The SMILES string of the molecule is CCCCCCCCCCCC1=N/C(=C\c2[nH]c(-c3ccc[nH]3)cc2OC)C=C1. The smallest absolute Gasteiger partial charge is 0.144 e. The first kappa shape index (κ1) is 21.2. The minimum Gasteiger partial charge on any atom is -0.494 e. The third-order valence-electron chi connectivity index (χ3n) is 5.47. The van der Waals surface area contributed by atoms with Crippen molar-refractivity contribution in [3.8, 4) is 17.1 Å². The highest BCUT2D eigenvalue weighted by Gasteiger charge is 2.11. The van der Waals surface area contributed by atoms with Crippen molar-refractivity contribution in [1.29, 1.82) is 0 Å². The van der Waals surface area contributed by atoms with Crippen molar-refractivity contribution in [3.05, 3.63) is 47.9 Å². The van der Waals surface area contributed by atoms with E-state index >= 15 is 0 Å². The number of allylic oxidation sites excluding steroid dienone is 2. The lowest BCUT2D eigenvalue weighted by Gasteiger charge is -2.02. The Morgan fingerprint density at radius 1 is 0.966 bits per heavy atom. The summed E-state index contributed by atoms with van der Waals surface area (Å²) >= 11 is 0. The second-order valence-electron chi connectivity index (χ2n) is 7.83. The van der Waals surface area contributed by atoms with E-state index in [2.05, 4.69) is 35.1 Å². The van der Waals surface area contributed by atoms with Gasteiger partial charge in [-0.25, -0.2) is 0 Å². The van der Waals surface area contributed by atoms with Crippen LogP contribution in [0.25, 0.3) is 17.5 Å². The summed E-state index contributed by atoms with van der Waals surface area (Å²) in [6, 6.07) is 6.05. The zero-order valence-electron chi connectivity index (χ0n) is 18.0. The summed E-state index contributed by atoms with van der Waals surface area (Å²) in [7, 11) is 1.70. The van der Waals surface area contributed by atoms with Crippen molar-refractivity contribution >= 4 is 11.8 Å². The quantitative estimate of drug-likeness (QED) is 0.345. The Kier molecular flexibility index (Phi) is 8.41. The maximum Gasteiger partial charge on any atom is 0.144 e. The molecule has 29 heavy (non-hydrogen) atoms. The van der Waals surface area contributed by atoms with Crippen molar-refractivity contribution in [1.82, 2.24) is 9.97 Å². The number of hydrogen-bond donors (Lipinski definition) is 2. The number of rotatable bonds is 13. The lowest BCUT2D eigenvalue weighted by molar-refractivity contribution is 0.414. The molecule has 0 aliphatic carbocycles. The second-order valence-corrected chi connectivity index (χ2v) is 7.83. The Bertz CT molecular complexity index is 824. The predicted octanol–water partition coefficient (Wildman–Crippen LogP) is 7.29. The van der Waals surface area contributed by atoms with Crippen LogP contribution in [0.5, 0.6) is 5.75 Å². The number of nitrogens with one attached hydrogen (secondary N) is 2. The van der Waals surface area contributed by atoms with Gasteiger partial charge in [0.15, 0.2) is 0 Å². The van der Waals surface area contributed by atoms with E-state index in [0.717, 1.165) is 34.9 Å². The van der Waals surface area contributed by atoms with Gasteiger partial charge in [-0.15, -0.1) is 0 Å². The molecular formula is C25H35N3O. The van der Waals surface area contributed by atoms with Crippen molar-refractivity contribution in [2.24, 2.45) is 4.99 Å². The van der Waals surface area contributed by atoms with Gasteiger partial charge in [0.2, 0.25) is 0 Å². The molecule has 0 amide bonds. The average Bonchev–Trinajstić information content (AvgIpc) is 3.48. The number of aromatic amines is 2. The molecule has 3 heterocycles. The van der Waals surface area contributed by atoms with Gasteiger partial charge in [0, 0.05) is 18.0 Å². The highest BCUT2D eigenvalue weighted by atomic mass is 16.5. The molecule has 4 nitrogen and oxygen atoms in total. The van der Waals surface area contributed by atoms with E-state index in [0.29, 0.717) is 0 Å². The number of hydrogen-bond acceptors (Lipinski definition) is 2. The molecule has 2 aromatic rings. The predicted molar refractivity (Wildman–Crippen MR) is 124 cm³/mol. The fourth-order valence-corrected chi connectivity index (χ4v) is 3.78. The molecule has 1 aliphatic heterocycles. The first-order valence-corrected chi connectivity index (χ1v) is 11.2. The lowest BCUT2D eigenvalue weighted by atomic mass is 10.1. The molecule has 0 saturated carbocycles. The zero-order chi connectivity index (χ0) is 20.3. The molecule has 1 aliphatic rings. The van der Waals surface area contributed by atoms with Gasteiger partial charge in [0.1, 0.15) is 5.75 Å². The highest BCUT2D eigenvalue weighted by Crippen LogP contribution is 2.29. The molecule has 0 saturated heterocycles. The summed E-state index contributed by atoms with van der Waals surface area (Å²) < 4.78 is 5.53. The largest absolute Gasteiger partial charge is 0.494 e. The number of unbranched alkanes of at least 4 members (excludes halogenated alkanes) is 8. The van der Waals surface area contributed by atoms with Crippen molar-refractivity contribution in [3.63, 3.8) is 0 Å². The van der Waals surface area contributed by atoms with Crippen LogP contribution in [0.3, 0.4) is 0 Å². The summed E-state index contributed by atoms with van der Waals surface area (Å²) in [6.45, 7) is 2.27. The molecule has 0 atom stereocenters. The average molecular weight is 394 g/mol. The summed E-state index contributed by atoms with van der Waals surface area (Å²) in [6.07, 6.45) is 21.5. The Morgan fingerprint density at radius 2 is 1.72 bits per heavy atom.